The van der Waals surface area contributed by atoms with Gasteiger partial charge in [-0.25, -0.2) is 19.4 Å². The fraction of sp³-hybridized carbons (Fsp3) is 0.400. The zero-order valence-electron chi connectivity index (χ0n) is 23.2. The Kier molecular flexibility index (Phi) is 9.64. The molecule has 0 bridgehead atoms. The second-order valence-corrected chi connectivity index (χ2v) is 11.8. The fourth-order valence-corrected chi connectivity index (χ4v) is 6.29. The van der Waals surface area contributed by atoms with Gasteiger partial charge in [-0.1, -0.05) is 41.4 Å². The average Bonchev–Trinajstić information content (AvgIpc) is 2.97. The van der Waals surface area contributed by atoms with Crippen LogP contribution >= 0.6 is 23.2 Å². The standard InChI is InChI=1S/C30H35Cl2FN8O/c31-23-14-20(33)15-24(32)27(23)40-29(35)38-26-16-36-30(39-25(26)13-18-8-10-19(11-9-18)28(34)42)37-21-5-4-12-41(17-21)22-6-2-1-3-7-22/h1-3,6-7,14-16,18-19,21H,4-5,8-13,17H2,(H2,34,42)(H3,35,38,40)(H,36,37,39)/t18?,19?,21-/m1/s1. The molecule has 42 heavy (non-hydrogen) atoms. The van der Waals surface area contributed by atoms with Gasteiger partial charge in [0.1, 0.15) is 11.5 Å². The Morgan fingerprint density at radius 2 is 1.79 bits per heavy atom. The van der Waals surface area contributed by atoms with Crippen molar-refractivity contribution in [3.8, 4) is 0 Å². The molecule has 0 unspecified atom stereocenters. The van der Waals surface area contributed by atoms with Gasteiger partial charge >= 0.3 is 0 Å². The van der Waals surface area contributed by atoms with Gasteiger partial charge in [0.2, 0.25) is 11.9 Å². The van der Waals surface area contributed by atoms with E-state index in [1.54, 1.807) is 6.20 Å². The summed E-state index contributed by atoms with van der Waals surface area (Å²) in [6.45, 7) is 1.85. The van der Waals surface area contributed by atoms with E-state index >= 15 is 0 Å². The normalized spacial score (nSPS) is 21.2. The van der Waals surface area contributed by atoms with Crippen molar-refractivity contribution in [1.29, 1.82) is 0 Å². The third-order valence-corrected chi connectivity index (χ3v) is 8.53. The van der Waals surface area contributed by atoms with E-state index in [1.807, 2.05) is 6.07 Å². The van der Waals surface area contributed by atoms with E-state index in [2.05, 4.69) is 49.8 Å². The number of hydrogen-bond acceptors (Lipinski definition) is 6. The summed E-state index contributed by atoms with van der Waals surface area (Å²) in [6, 6.07) is 12.8. The molecule has 1 aliphatic carbocycles. The highest BCUT2D eigenvalue weighted by Gasteiger charge is 2.27. The molecule has 9 nitrogen and oxygen atoms in total. The highest BCUT2D eigenvalue weighted by Crippen LogP contribution is 2.35. The molecular weight excluding hydrogens is 578 g/mol. The maximum Gasteiger partial charge on any atom is 0.223 e. The monoisotopic (exact) mass is 612 g/mol. The smallest absolute Gasteiger partial charge is 0.223 e. The zero-order chi connectivity index (χ0) is 29.6. The first kappa shape index (κ1) is 29.8. The second-order valence-electron chi connectivity index (χ2n) is 11.0. The van der Waals surface area contributed by atoms with Gasteiger partial charge in [-0.3, -0.25) is 4.79 Å². The van der Waals surface area contributed by atoms with Crippen molar-refractivity contribution >= 4 is 58.1 Å². The molecule has 0 radical (unpaired) electrons. The van der Waals surface area contributed by atoms with Gasteiger partial charge in [0.15, 0.2) is 5.96 Å². The highest BCUT2D eigenvalue weighted by atomic mass is 35.5. The Balaban J connectivity index is 1.35. The van der Waals surface area contributed by atoms with Crippen molar-refractivity contribution in [3.63, 3.8) is 0 Å². The lowest BCUT2D eigenvalue weighted by atomic mass is 9.79. The third kappa shape index (κ3) is 7.60. The Hall–Kier alpha value is -3.63. The summed E-state index contributed by atoms with van der Waals surface area (Å²) >= 11 is 12.3. The molecular formula is C30H35Cl2FN8O. The van der Waals surface area contributed by atoms with E-state index in [-0.39, 0.29) is 39.6 Å². The van der Waals surface area contributed by atoms with E-state index in [1.165, 1.54) is 5.69 Å². The number of amides is 1. The number of carbonyl (C=O) groups excluding carboxylic acids is 1. The number of carbonyl (C=O) groups is 1. The molecule has 1 amide bonds. The number of anilines is 3. The maximum absolute atomic E-state index is 13.6. The number of nitrogens with zero attached hydrogens (tertiary/aromatic N) is 4. The predicted molar refractivity (Wildman–Crippen MR) is 167 cm³/mol. The van der Waals surface area contributed by atoms with E-state index < -0.39 is 5.82 Å². The van der Waals surface area contributed by atoms with E-state index in [4.69, 9.17) is 39.7 Å². The van der Waals surface area contributed by atoms with Gasteiger partial charge in [-0.2, -0.15) is 0 Å². The first-order valence-electron chi connectivity index (χ1n) is 14.2. The molecule has 2 heterocycles. The van der Waals surface area contributed by atoms with Crippen molar-refractivity contribution < 1.29 is 9.18 Å². The number of piperidine rings is 1. The number of rotatable bonds is 8. The molecule has 1 aromatic heterocycles. The summed E-state index contributed by atoms with van der Waals surface area (Å²) in [5.41, 5.74) is 14.5. The number of guanidine groups is 1. The molecule has 2 aliphatic rings. The largest absolute Gasteiger partial charge is 0.369 e. The summed E-state index contributed by atoms with van der Waals surface area (Å²) in [5.74, 6) is 0.00819. The molecule has 1 aliphatic heterocycles. The second kappa shape index (κ2) is 13.6. The van der Waals surface area contributed by atoms with Crippen LogP contribution < -0.4 is 27.0 Å². The first-order valence-corrected chi connectivity index (χ1v) is 15.0. The van der Waals surface area contributed by atoms with Crippen molar-refractivity contribution in [3.05, 3.63) is 70.2 Å². The number of halogens is 3. The molecule has 222 valence electrons. The number of para-hydroxylation sites is 1. The quantitative estimate of drug-likeness (QED) is 0.184. The molecule has 12 heteroatoms. The molecule has 5 rings (SSSR count). The van der Waals surface area contributed by atoms with Crippen LogP contribution in [0.4, 0.5) is 27.4 Å². The van der Waals surface area contributed by atoms with Crippen LogP contribution in [0.25, 0.3) is 0 Å². The predicted octanol–water partition coefficient (Wildman–Crippen LogP) is 5.90. The number of nitrogens with one attached hydrogen (secondary N) is 2. The van der Waals surface area contributed by atoms with E-state index in [9.17, 15) is 9.18 Å². The van der Waals surface area contributed by atoms with Gasteiger partial charge in [-0.05, 0) is 75.1 Å². The topological polar surface area (TPSA) is 135 Å². The van der Waals surface area contributed by atoms with Crippen LogP contribution in [0.5, 0.6) is 0 Å². The minimum atomic E-state index is -0.565. The van der Waals surface area contributed by atoms with Crippen molar-refractivity contribution in [1.82, 2.24) is 9.97 Å². The number of hydrogen-bond donors (Lipinski definition) is 4. The number of primary amides is 1. The van der Waals surface area contributed by atoms with Gasteiger partial charge in [0.05, 0.1) is 27.6 Å². The molecule has 3 aromatic rings. The minimum absolute atomic E-state index is 0.0131. The van der Waals surface area contributed by atoms with Gasteiger partial charge in [-0.15, -0.1) is 0 Å². The third-order valence-electron chi connectivity index (χ3n) is 7.95. The summed E-state index contributed by atoms with van der Waals surface area (Å²) in [5, 5.41) is 6.71. The summed E-state index contributed by atoms with van der Waals surface area (Å²) < 4.78 is 13.6. The lowest BCUT2D eigenvalue weighted by Crippen LogP contribution is -2.42. The molecule has 0 spiro atoms. The van der Waals surface area contributed by atoms with Crippen molar-refractivity contribution in [2.75, 3.05) is 28.6 Å². The van der Waals surface area contributed by atoms with Gasteiger partial charge in [0.25, 0.3) is 0 Å². The summed E-state index contributed by atoms with van der Waals surface area (Å²) in [6.07, 6.45) is 7.70. The maximum atomic E-state index is 13.6. The molecule has 2 fully saturated rings. The lowest BCUT2D eigenvalue weighted by molar-refractivity contribution is -0.122. The van der Waals surface area contributed by atoms with Gasteiger partial charge < -0.3 is 27.0 Å². The van der Waals surface area contributed by atoms with Crippen molar-refractivity contribution in [2.45, 2.75) is 51.0 Å². The number of benzene rings is 2. The Morgan fingerprint density at radius 1 is 1.07 bits per heavy atom. The first-order chi connectivity index (χ1) is 20.2. The van der Waals surface area contributed by atoms with E-state index in [0.29, 0.717) is 24.0 Å². The Labute approximate surface area is 254 Å². The van der Waals surface area contributed by atoms with Gasteiger partial charge in [0, 0.05) is 30.7 Å². The van der Waals surface area contributed by atoms with Crippen LogP contribution in [0.3, 0.4) is 0 Å². The number of aromatic nitrogens is 2. The van der Waals surface area contributed by atoms with Crippen LogP contribution in [0.2, 0.25) is 10.0 Å². The number of nitrogens with two attached hydrogens (primary N) is 2. The molecule has 1 saturated heterocycles. The summed E-state index contributed by atoms with van der Waals surface area (Å²) in [4.78, 5) is 27.8. The van der Waals surface area contributed by atoms with Crippen LogP contribution in [0.15, 0.2) is 53.7 Å². The number of aliphatic imine (C=N–C) groups is 1. The average molecular weight is 614 g/mol. The minimum Gasteiger partial charge on any atom is -0.369 e. The molecule has 2 aromatic carbocycles. The fourth-order valence-electron chi connectivity index (χ4n) is 5.75. The Bertz CT molecular complexity index is 1410. The molecule has 1 atom stereocenters. The lowest BCUT2D eigenvalue weighted by Gasteiger charge is -2.35. The van der Waals surface area contributed by atoms with Crippen LogP contribution in [-0.4, -0.2) is 41.0 Å². The van der Waals surface area contributed by atoms with Crippen molar-refractivity contribution in [2.24, 2.45) is 28.3 Å². The van der Waals surface area contributed by atoms with Crippen LogP contribution in [0.1, 0.15) is 44.2 Å². The van der Waals surface area contributed by atoms with E-state index in [0.717, 1.165) is 69.4 Å². The molecule has 6 N–H and O–H groups in total. The van der Waals surface area contributed by atoms with Crippen LogP contribution in [0, 0.1) is 17.7 Å². The summed E-state index contributed by atoms with van der Waals surface area (Å²) in [7, 11) is 0. The zero-order valence-corrected chi connectivity index (χ0v) is 24.7. The Morgan fingerprint density at radius 3 is 2.48 bits per heavy atom. The molecule has 1 saturated carbocycles. The van der Waals surface area contributed by atoms with Crippen LogP contribution in [-0.2, 0) is 11.2 Å². The SMILES string of the molecule is NC(=O)C1CCC(Cc2nc(N[C@@H]3CCCN(c4ccccc4)C3)ncc2NC(N)=Nc2c(Cl)cc(F)cc2Cl)CC1. The highest BCUT2D eigenvalue weighted by molar-refractivity contribution is 6.39.